The average Bonchev–Trinajstić information content (AvgIpc) is 3.11. The molecule has 22 heavy (non-hydrogen) atoms. The number of rotatable bonds is 6. The summed E-state index contributed by atoms with van der Waals surface area (Å²) < 4.78 is 5.65. The molecular weight excluding hydrogens is 302 g/mol. The maximum absolute atomic E-state index is 12.2. The molecule has 3 rings (SSSR count). The van der Waals surface area contributed by atoms with Crippen molar-refractivity contribution < 1.29 is 19.4 Å². The Bertz CT molecular complexity index is 692. The first kappa shape index (κ1) is 14.6. The third-order valence-corrected chi connectivity index (χ3v) is 4.42. The summed E-state index contributed by atoms with van der Waals surface area (Å²) in [5.74, 6) is -0.784. The van der Waals surface area contributed by atoms with Gasteiger partial charge in [-0.2, -0.15) is 0 Å². The first-order valence-electron chi connectivity index (χ1n) is 6.90. The van der Waals surface area contributed by atoms with E-state index in [0.717, 1.165) is 4.88 Å². The number of nitrogens with one attached hydrogen (secondary N) is 1. The van der Waals surface area contributed by atoms with Gasteiger partial charge in [-0.25, -0.2) is 4.79 Å². The van der Waals surface area contributed by atoms with Gasteiger partial charge in [0.05, 0.1) is 0 Å². The molecule has 1 amide bonds. The van der Waals surface area contributed by atoms with Crippen molar-refractivity contribution in [1.82, 2.24) is 5.32 Å². The highest BCUT2D eigenvalue weighted by Crippen LogP contribution is 2.35. The lowest BCUT2D eigenvalue weighted by Gasteiger charge is -2.13. The number of ether oxygens (including phenoxy) is 1. The van der Waals surface area contributed by atoms with E-state index >= 15 is 0 Å². The molecule has 0 atom stereocenters. The standard InChI is InChI=1S/C16H15NO4S/c18-14(17-16(6-7-16)15(19)20)11-3-1-4-12(9-11)21-10-13-5-2-8-22-13/h1-5,8-9H,6-7,10H2,(H,17,18)(H,19,20). The smallest absolute Gasteiger partial charge is 0.329 e. The molecule has 114 valence electrons. The fraction of sp³-hybridized carbons (Fsp3) is 0.250. The van der Waals surface area contributed by atoms with Gasteiger partial charge < -0.3 is 15.2 Å². The van der Waals surface area contributed by atoms with Crippen molar-refractivity contribution in [2.45, 2.75) is 25.0 Å². The van der Waals surface area contributed by atoms with Crippen molar-refractivity contribution in [2.24, 2.45) is 0 Å². The Morgan fingerprint density at radius 1 is 1.27 bits per heavy atom. The van der Waals surface area contributed by atoms with Crippen LogP contribution in [0.15, 0.2) is 41.8 Å². The second kappa shape index (κ2) is 5.81. The molecule has 5 nitrogen and oxygen atoms in total. The number of benzene rings is 1. The van der Waals surface area contributed by atoms with Crippen molar-refractivity contribution in [3.8, 4) is 5.75 Å². The summed E-state index contributed by atoms with van der Waals surface area (Å²) in [6, 6.07) is 10.7. The van der Waals surface area contributed by atoms with Gasteiger partial charge in [0, 0.05) is 10.4 Å². The quantitative estimate of drug-likeness (QED) is 0.859. The highest BCUT2D eigenvalue weighted by atomic mass is 32.1. The minimum absolute atomic E-state index is 0.388. The number of thiophene rings is 1. The van der Waals surface area contributed by atoms with E-state index in [0.29, 0.717) is 30.8 Å². The summed E-state index contributed by atoms with van der Waals surface area (Å²) in [5, 5.41) is 13.7. The molecule has 0 bridgehead atoms. The maximum Gasteiger partial charge on any atom is 0.329 e. The van der Waals surface area contributed by atoms with Gasteiger partial charge in [0.2, 0.25) is 0 Å². The van der Waals surface area contributed by atoms with E-state index in [9.17, 15) is 9.59 Å². The fourth-order valence-corrected chi connectivity index (χ4v) is 2.70. The molecule has 1 aromatic carbocycles. The number of carbonyl (C=O) groups excluding carboxylic acids is 1. The van der Waals surface area contributed by atoms with Gasteiger partial charge in [-0.15, -0.1) is 11.3 Å². The monoisotopic (exact) mass is 317 g/mol. The third kappa shape index (κ3) is 3.12. The van der Waals surface area contributed by atoms with Crippen LogP contribution in [0.4, 0.5) is 0 Å². The molecule has 1 aliphatic carbocycles. The van der Waals surface area contributed by atoms with Crippen molar-refractivity contribution in [3.63, 3.8) is 0 Å². The summed E-state index contributed by atoms with van der Waals surface area (Å²) in [4.78, 5) is 24.4. The molecule has 2 aromatic rings. The Morgan fingerprint density at radius 3 is 2.73 bits per heavy atom. The van der Waals surface area contributed by atoms with Gasteiger partial charge in [0.1, 0.15) is 17.9 Å². The van der Waals surface area contributed by atoms with Crippen LogP contribution in [0.3, 0.4) is 0 Å². The number of carboxylic acid groups (broad SMARTS) is 1. The summed E-state index contributed by atoms with van der Waals surface area (Å²) in [6.07, 6.45) is 0.950. The molecule has 1 saturated carbocycles. The van der Waals surface area contributed by atoms with Gasteiger partial charge in [-0.05, 0) is 42.5 Å². The normalized spacial score (nSPS) is 15.1. The first-order valence-corrected chi connectivity index (χ1v) is 7.78. The lowest BCUT2D eigenvalue weighted by Crippen LogP contribution is -2.43. The SMILES string of the molecule is O=C(NC1(C(=O)O)CC1)c1cccc(OCc2cccs2)c1. The molecule has 2 N–H and O–H groups in total. The van der Waals surface area contributed by atoms with Crippen molar-refractivity contribution in [1.29, 1.82) is 0 Å². The minimum atomic E-state index is -1.08. The van der Waals surface area contributed by atoms with Crippen molar-refractivity contribution >= 4 is 23.2 Å². The van der Waals surface area contributed by atoms with Gasteiger partial charge in [-0.3, -0.25) is 4.79 Å². The maximum atomic E-state index is 12.2. The Labute approximate surface area is 131 Å². The Balaban J connectivity index is 1.65. The fourth-order valence-electron chi connectivity index (χ4n) is 2.08. The number of hydrogen-bond acceptors (Lipinski definition) is 4. The van der Waals surface area contributed by atoms with Gasteiger partial charge in [0.25, 0.3) is 5.91 Å². The topological polar surface area (TPSA) is 75.6 Å². The van der Waals surface area contributed by atoms with E-state index < -0.39 is 11.5 Å². The molecule has 1 fully saturated rings. The third-order valence-electron chi connectivity index (χ3n) is 3.57. The van der Waals surface area contributed by atoms with Crippen LogP contribution < -0.4 is 10.1 Å². The van der Waals surface area contributed by atoms with E-state index in [2.05, 4.69) is 5.32 Å². The van der Waals surface area contributed by atoms with Crippen LogP contribution in [0, 0.1) is 0 Å². The number of aliphatic carboxylic acids is 1. The number of hydrogen-bond donors (Lipinski definition) is 2. The molecule has 0 aliphatic heterocycles. The molecular formula is C16H15NO4S. The average molecular weight is 317 g/mol. The largest absolute Gasteiger partial charge is 0.488 e. The molecule has 1 aromatic heterocycles. The Hall–Kier alpha value is -2.34. The van der Waals surface area contributed by atoms with E-state index in [1.54, 1.807) is 35.6 Å². The van der Waals surface area contributed by atoms with Gasteiger partial charge in [0.15, 0.2) is 0 Å². The summed E-state index contributed by atoms with van der Waals surface area (Å²) in [5.41, 5.74) is -0.679. The first-order chi connectivity index (χ1) is 10.6. The zero-order chi connectivity index (χ0) is 15.6. The second-order valence-electron chi connectivity index (χ2n) is 5.24. The minimum Gasteiger partial charge on any atom is -0.488 e. The number of amides is 1. The van der Waals surface area contributed by atoms with Crippen LogP contribution in [-0.2, 0) is 11.4 Å². The van der Waals surface area contributed by atoms with E-state index in [4.69, 9.17) is 9.84 Å². The zero-order valence-corrected chi connectivity index (χ0v) is 12.6. The molecule has 6 heteroatoms. The van der Waals surface area contributed by atoms with Crippen LogP contribution in [-0.4, -0.2) is 22.5 Å². The zero-order valence-electron chi connectivity index (χ0n) is 11.7. The van der Waals surface area contributed by atoms with Crippen molar-refractivity contribution in [2.75, 3.05) is 0 Å². The van der Waals surface area contributed by atoms with Gasteiger partial charge in [-0.1, -0.05) is 12.1 Å². The molecule has 0 radical (unpaired) electrons. The molecule has 0 unspecified atom stereocenters. The molecule has 0 spiro atoms. The molecule has 1 aliphatic rings. The number of carbonyl (C=O) groups is 2. The summed E-state index contributed by atoms with van der Waals surface area (Å²) >= 11 is 1.60. The highest BCUT2D eigenvalue weighted by molar-refractivity contribution is 7.09. The van der Waals surface area contributed by atoms with E-state index in [1.807, 2.05) is 17.5 Å². The Kier molecular flexibility index (Phi) is 3.85. The summed E-state index contributed by atoms with van der Waals surface area (Å²) in [6.45, 7) is 0.446. The predicted molar refractivity (Wildman–Crippen MR) is 82.2 cm³/mol. The lowest BCUT2D eigenvalue weighted by atomic mass is 10.1. The van der Waals surface area contributed by atoms with Crippen LogP contribution in [0.5, 0.6) is 5.75 Å². The van der Waals surface area contributed by atoms with Crippen LogP contribution >= 0.6 is 11.3 Å². The van der Waals surface area contributed by atoms with Crippen LogP contribution in [0.1, 0.15) is 28.1 Å². The highest BCUT2D eigenvalue weighted by Gasteiger charge is 2.51. The molecule has 0 saturated heterocycles. The lowest BCUT2D eigenvalue weighted by molar-refractivity contribution is -0.140. The van der Waals surface area contributed by atoms with E-state index in [-0.39, 0.29) is 5.91 Å². The van der Waals surface area contributed by atoms with E-state index in [1.165, 1.54) is 0 Å². The predicted octanol–water partition coefficient (Wildman–Crippen LogP) is 2.67. The van der Waals surface area contributed by atoms with Crippen molar-refractivity contribution in [3.05, 3.63) is 52.2 Å². The second-order valence-corrected chi connectivity index (χ2v) is 6.27. The number of carboxylic acids is 1. The van der Waals surface area contributed by atoms with Crippen LogP contribution in [0.2, 0.25) is 0 Å². The Morgan fingerprint density at radius 2 is 2.09 bits per heavy atom. The molecule has 1 heterocycles. The van der Waals surface area contributed by atoms with Crippen LogP contribution in [0.25, 0.3) is 0 Å². The summed E-state index contributed by atoms with van der Waals surface area (Å²) in [7, 11) is 0. The van der Waals surface area contributed by atoms with Gasteiger partial charge >= 0.3 is 5.97 Å².